The number of benzene rings is 3. The summed E-state index contributed by atoms with van der Waals surface area (Å²) < 4.78 is 54.4. The molecule has 1 saturated heterocycles. The second kappa shape index (κ2) is 11.7. The van der Waals surface area contributed by atoms with Crippen LogP contribution in [0.4, 0.5) is 17.6 Å². The summed E-state index contributed by atoms with van der Waals surface area (Å²) in [6.45, 7) is 8.62. The molecule has 7 heteroatoms. The van der Waals surface area contributed by atoms with Crippen LogP contribution in [0.15, 0.2) is 72.8 Å². The van der Waals surface area contributed by atoms with E-state index in [1.54, 1.807) is 12.1 Å². The molecule has 2 atom stereocenters. The van der Waals surface area contributed by atoms with Gasteiger partial charge in [0, 0.05) is 44.2 Å². The number of carbonyl (C=O) groups is 1. The molecule has 1 aliphatic rings. The quantitative estimate of drug-likeness (QED) is 0.291. The van der Waals surface area contributed by atoms with Crippen molar-refractivity contribution in [2.75, 3.05) is 26.2 Å². The van der Waals surface area contributed by atoms with E-state index in [4.69, 9.17) is 0 Å². The molecule has 4 rings (SSSR count). The molecule has 0 unspecified atom stereocenters. The van der Waals surface area contributed by atoms with E-state index in [2.05, 4.69) is 4.90 Å². The van der Waals surface area contributed by atoms with Crippen LogP contribution in [0.3, 0.4) is 0 Å². The van der Waals surface area contributed by atoms with Crippen molar-refractivity contribution in [3.8, 4) is 0 Å². The van der Waals surface area contributed by atoms with Crippen molar-refractivity contribution in [1.29, 1.82) is 0 Å². The van der Waals surface area contributed by atoms with Gasteiger partial charge < -0.3 is 4.90 Å². The first-order valence-electron chi connectivity index (χ1n) is 13.0. The zero-order valence-electron chi connectivity index (χ0n) is 22.0. The smallest absolute Gasteiger partial charge is 0.338 e. The number of hydrogen-bond acceptors (Lipinski definition) is 2. The highest BCUT2D eigenvalue weighted by atomic mass is 19.4. The Morgan fingerprint density at radius 1 is 1.00 bits per heavy atom. The van der Waals surface area contributed by atoms with E-state index in [9.17, 15) is 22.4 Å². The van der Waals surface area contributed by atoms with Gasteiger partial charge in [0.15, 0.2) is 0 Å². The van der Waals surface area contributed by atoms with Gasteiger partial charge in [-0.2, -0.15) is 13.2 Å². The highest BCUT2D eigenvalue weighted by Gasteiger charge is 2.38. The number of likely N-dealkylation sites (tertiary alicyclic amines) is 1. The third-order valence-electron chi connectivity index (χ3n) is 7.08. The van der Waals surface area contributed by atoms with E-state index in [1.807, 2.05) is 56.0 Å². The van der Waals surface area contributed by atoms with Gasteiger partial charge in [0.2, 0.25) is 0 Å². The van der Waals surface area contributed by atoms with Crippen LogP contribution in [0, 0.1) is 24.6 Å². The summed E-state index contributed by atoms with van der Waals surface area (Å²) in [4.78, 5) is 17.5. The molecular formula is C31H34F4N2O. The molecule has 1 heterocycles. The maximum Gasteiger partial charge on any atom is 0.416 e. The molecule has 1 amide bonds. The highest BCUT2D eigenvalue weighted by Crippen LogP contribution is 2.37. The fraction of sp³-hybridized carbons (Fsp3) is 0.387. The normalized spacial score (nSPS) is 18.2. The van der Waals surface area contributed by atoms with Gasteiger partial charge in [-0.25, -0.2) is 4.39 Å². The Morgan fingerprint density at radius 3 is 2.37 bits per heavy atom. The standard InChI is InChI=1S/C31H34F4N2O/c1-21(2)16-37(30(38)24-12-10-22(3)11-13-24)19-26-18-36(17-23-6-4-9-28(32)14-23)20-29(26)25-7-5-8-27(15-25)31(33,34)35/h4-15,21,26,29H,16-20H2,1-3H3/t26-,29-/m0/s1. The number of amides is 1. The predicted octanol–water partition coefficient (Wildman–Crippen LogP) is 7.17. The fourth-order valence-electron chi connectivity index (χ4n) is 5.33. The molecule has 0 spiro atoms. The molecule has 0 saturated carbocycles. The molecule has 1 aliphatic heterocycles. The number of alkyl halides is 3. The Kier molecular flexibility index (Phi) is 8.56. The zero-order chi connectivity index (χ0) is 27.4. The Labute approximate surface area is 222 Å². The van der Waals surface area contributed by atoms with Crippen molar-refractivity contribution in [3.05, 3.63) is 106 Å². The van der Waals surface area contributed by atoms with Crippen LogP contribution in [0.5, 0.6) is 0 Å². The second-order valence-corrected chi connectivity index (χ2v) is 10.8. The summed E-state index contributed by atoms with van der Waals surface area (Å²) in [5.74, 6) is -0.461. The van der Waals surface area contributed by atoms with E-state index in [1.165, 1.54) is 24.3 Å². The van der Waals surface area contributed by atoms with Crippen molar-refractivity contribution >= 4 is 5.91 Å². The largest absolute Gasteiger partial charge is 0.416 e. The van der Waals surface area contributed by atoms with Crippen LogP contribution in [0.2, 0.25) is 0 Å². The molecule has 0 aliphatic carbocycles. The average Bonchev–Trinajstić information content (AvgIpc) is 3.25. The first-order valence-corrected chi connectivity index (χ1v) is 13.0. The van der Waals surface area contributed by atoms with Gasteiger partial charge >= 0.3 is 6.18 Å². The number of aryl methyl sites for hydroxylation is 1. The van der Waals surface area contributed by atoms with E-state index in [0.717, 1.165) is 17.2 Å². The van der Waals surface area contributed by atoms with Crippen molar-refractivity contribution in [2.24, 2.45) is 11.8 Å². The third kappa shape index (κ3) is 7.01. The van der Waals surface area contributed by atoms with Gasteiger partial charge in [-0.3, -0.25) is 9.69 Å². The van der Waals surface area contributed by atoms with Crippen LogP contribution in [-0.4, -0.2) is 41.9 Å². The Morgan fingerprint density at radius 2 is 1.71 bits per heavy atom. The summed E-state index contributed by atoms with van der Waals surface area (Å²) in [5, 5.41) is 0. The summed E-state index contributed by atoms with van der Waals surface area (Å²) >= 11 is 0. The Bertz CT molecular complexity index is 1240. The lowest BCUT2D eigenvalue weighted by Gasteiger charge is -2.30. The molecule has 3 aromatic rings. The van der Waals surface area contributed by atoms with Crippen LogP contribution in [-0.2, 0) is 12.7 Å². The summed E-state index contributed by atoms with van der Waals surface area (Å²) in [5.41, 5.74) is 2.40. The maximum atomic E-state index is 13.8. The number of nitrogens with zero attached hydrogens (tertiary/aromatic N) is 2. The Balaban J connectivity index is 1.63. The zero-order valence-corrected chi connectivity index (χ0v) is 22.0. The maximum absolute atomic E-state index is 13.8. The third-order valence-corrected chi connectivity index (χ3v) is 7.08. The minimum absolute atomic E-state index is 0.0786. The molecule has 1 fully saturated rings. The minimum Gasteiger partial charge on any atom is -0.338 e. The molecular weight excluding hydrogens is 492 g/mol. The molecule has 0 radical (unpaired) electrons. The Hall–Kier alpha value is -3.19. The van der Waals surface area contributed by atoms with Gasteiger partial charge in [0.05, 0.1) is 5.56 Å². The first kappa shape index (κ1) is 27.8. The molecule has 0 N–H and O–H groups in total. The number of halogens is 4. The van der Waals surface area contributed by atoms with E-state index in [-0.39, 0.29) is 29.5 Å². The molecule has 3 nitrogen and oxygen atoms in total. The predicted molar refractivity (Wildman–Crippen MR) is 141 cm³/mol. The molecule has 0 aromatic heterocycles. The monoisotopic (exact) mass is 526 g/mol. The van der Waals surface area contributed by atoms with Crippen molar-refractivity contribution < 1.29 is 22.4 Å². The number of hydrogen-bond donors (Lipinski definition) is 0. The minimum atomic E-state index is -4.43. The van der Waals surface area contributed by atoms with Gasteiger partial charge in [-0.15, -0.1) is 0 Å². The molecule has 202 valence electrons. The molecule has 0 bridgehead atoms. The summed E-state index contributed by atoms with van der Waals surface area (Å²) in [6.07, 6.45) is -4.43. The highest BCUT2D eigenvalue weighted by molar-refractivity contribution is 5.94. The van der Waals surface area contributed by atoms with Gasteiger partial charge in [-0.05, 0) is 60.2 Å². The van der Waals surface area contributed by atoms with Crippen molar-refractivity contribution in [2.45, 2.75) is 39.4 Å². The number of carbonyl (C=O) groups excluding carboxylic acids is 1. The van der Waals surface area contributed by atoms with Crippen LogP contribution < -0.4 is 0 Å². The lowest BCUT2D eigenvalue weighted by atomic mass is 9.87. The van der Waals surface area contributed by atoms with E-state index < -0.39 is 11.7 Å². The van der Waals surface area contributed by atoms with Crippen LogP contribution in [0.25, 0.3) is 0 Å². The lowest BCUT2D eigenvalue weighted by molar-refractivity contribution is -0.137. The van der Waals surface area contributed by atoms with Gasteiger partial charge in [-0.1, -0.05) is 61.9 Å². The molecule has 3 aromatic carbocycles. The topological polar surface area (TPSA) is 23.6 Å². The van der Waals surface area contributed by atoms with Crippen LogP contribution in [0.1, 0.15) is 52.4 Å². The van der Waals surface area contributed by atoms with E-state index >= 15 is 0 Å². The lowest BCUT2D eigenvalue weighted by Crippen LogP contribution is -2.39. The summed E-state index contributed by atoms with van der Waals surface area (Å²) in [6, 6.07) is 19.4. The van der Waals surface area contributed by atoms with Crippen molar-refractivity contribution in [3.63, 3.8) is 0 Å². The molecule has 38 heavy (non-hydrogen) atoms. The first-order chi connectivity index (χ1) is 18.0. The number of rotatable bonds is 8. The van der Waals surface area contributed by atoms with Gasteiger partial charge in [0.25, 0.3) is 5.91 Å². The average molecular weight is 527 g/mol. The second-order valence-electron chi connectivity index (χ2n) is 10.8. The van der Waals surface area contributed by atoms with Crippen molar-refractivity contribution in [1.82, 2.24) is 9.80 Å². The van der Waals surface area contributed by atoms with Gasteiger partial charge in [0.1, 0.15) is 5.82 Å². The fourth-order valence-corrected chi connectivity index (χ4v) is 5.33. The van der Waals surface area contributed by atoms with E-state index in [0.29, 0.717) is 43.9 Å². The SMILES string of the molecule is Cc1ccc(C(=O)N(CC(C)C)C[C@@H]2CN(Cc3cccc(F)c3)C[C@H]2c2cccc(C(F)(F)F)c2)cc1. The van der Waals surface area contributed by atoms with Crippen LogP contribution >= 0.6 is 0 Å². The summed E-state index contributed by atoms with van der Waals surface area (Å²) in [7, 11) is 0.